The van der Waals surface area contributed by atoms with Crippen LogP contribution in [0.1, 0.15) is 21.5 Å². The molecule has 0 radical (unpaired) electrons. The van der Waals surface area contributed by atoms with Crippen molar-refractivity contribution >= 4 is 39.1 Å². The second-order valence-corrected chi connectivity index (χ2v) is 5.77. The molecule has 0 bridgehead atoms. The highest BCUT2D eigenvalue weighted by Crippen LogP contribution is 2.25. The first kappa shape index (κ1) is 14.9. The number of benzene rings is 2. The maximum Gasteiger partial charge on any atom is 0.248 e. The molecule has 0 spiro atoms. The lowest BCUT2D eigenvalue weighted by Gasteiger charge is -2.11. The third-order valence-corrected chi connectivity index (χ3v) is 3.97. The van der Waals surface area contributed by atoms with Crippen LogP contribution in [0, 0.1) is 6.92 Å². The van der Waals surface area contributed by atoms with Gasteiger partial charge in [0.2, 0.25) is 5.91 Å². The zero-order valence-electron chi connectivity index (χ0n) is 10.9. The zero-order valence-corrected chi connectivity index (χ0v) is 13.3. The molecule has 2 aromatic carbocycles. The third kappa shape index (κ3) is 3.52. The van der Waals surface area contributed by atoms with Gasteiger partial charge in [-0.1, -0.05) is 23.7 Å². The van der Waals surface area contributed by atoms with Gasteiger partial charge in [0.25, 0.3) is 0 Å². The predicted octanol–water partition coefficient (Wildman–Crippen LogP) is 4.12. The number of carbonyl (C=O) groups excluding carboxylic acids is 1. The molecule has 1 amide bonds. The van der Waals surface area contributed by atoms with Crippen LogP contribution in [0.2, 0.25) is 5.02 Å². The van der Waals surface area contributed by atoms with Crippen LogP contribution in [0.4, 0.5) is 5.69 Å². The normalized spacial score (nSPS) is 10.3. The summed E-state index contributed by atoms with van der Waals surface area (Å²) in [5.41, 5.74) is 8.71. The number of primary amides is 1. The molecular formula is C15H14BrClN2O. The Morgan fingerprint density at radius 1 is 1.30 bits per heavy atom. The highest BCUT2D eigenvalue weighted by atomic mass is 79.9. The van der Waals surface area contributed by atoms with Crippen molar-refractivity contribution < 1.29 is 4.79 Å². The number of aryl methyl sites for hydroxylation is 1. The smallest absolute Gasteiger partial charge is 0.248 e. The van der Waals surface area contributed by atoms with Gasteiger partial charge in [-0.15, -0.1) is 0 Å². The fourth-order valence-corrected chi connectivity index (χ4v) is 2.44. The SMILES string of the molecule is Cc1ccc(Br)c(NCc2ccc(C(N)=O)cc2Cl)c1. The number of amides is 1. The van der Waals surface area contributed by atoms with E-state index in [2.05, 4.69) is 27.3 Å². The summed E-state index contributed by atoms with van der Waals surface area (Å²) in [6.45, 7) is 2.60. The second-order valence-electron chi connectivity index (χ2n) is 4.51. The summed E-state index contributed by atoms with van der Waals surface area (Å²) in [6, 6.07) is 11.1. The molecule has 2 rings (SSSR count). The molecule has 0 aliphatic carbocycles. The van der Waals surface area contributed by atoms with Crippen LogP contribution in [0.3, 0.4) is 0 Å². The predicted molar refractivity (Wildman–Crippen MR) is 86.2 cm³/mol. The van der Waals surface area contributed by atoms with E-state index in [1.165, 1.54) is 5.56 Å². The van der Waals surface area contributed by atoms with Crippen LogP contribution in [-0.4, -0.2) is 5.91 Å². The number of halogens is 2. The van der Waals surface area contributed by atoms with Crippen LogP contribution >= 0.6 is 27.5 Å². The molecular weight excluding hydrogens is 340 g/mol. The van der Waals surface area contributed by atoms with E-state index in [1.54, 1.807) is 18.2 Å². The van der Waals surface area contributed by atoms with E-state index in [0.717, 1.165) is 15.7 Å². The number of nitrogens with two attached hydrogens (primary N) is 1. The Balaban J connectivity index is 2.15. The fourth-order valence-electron chi connectivity index (χ4n) is 1.81. The minimum absolute atomic E-state index is 0.412. The molecule has 2 aromatic rings. The van der Waals surface area contributed by atoms with Gasteiger partial charge in [-0.25, -0.2) is 0 Å². The lowest BCUT2D eigenvalue weighted by Crippen LogP contribution is -2.11. The van der Waals surface area contributed by atoms with Crippen molar-refractivity contribution in [1.29, 1.82) is 0 Å². The molecule has 0 heterocycles. The maximum atomic E-state index is 11.1. The molecule has 0 fully saturated rings. The summed E-state index contributed by atoms with van der Waals surface area (Å²) in [4.78, 5) is 11.1. The largest absolute Gasteiger partial charge is 0.380 e. The standard InChI is InChI=1S/C15H14BrClN2O/c1-9-2-5-12(16)14(6-9)19-8-11-4-3-10(15(18)20)7-13(11)17/h2-7,19H,8H2,1H3,(H2,18,20). The number of hydrogen-bond donors (Lipinski definition) is 2. The number of hydrogen-bond acceptors (Lipinski definition) is 2. The van der Waals surface area contributed by atoms with Crippen LogP contribution in [0.25, 0.3) is 0 Å². The van der Waals surface area contributed by atoms with Gasteiger partial charge in [0.15, 0.2) is 0 Å². The topological polar surface area (TPSA) is 55.1 Å². The summed E-state index contributed by atoms with van der Waals surface area (Å²) in [5.74, 6) is -0.479. The first-order valence-electron chi connectivity index (χ1n) is 6.05. The van der Waals surface area contributed by atoms with E-state index in [9.17, 15) is 4.79 Å². The number of rotatable bonds is 4. The van der Waals surface area contributed by atoms with Crippen LogP contribution < -0.4 is 11.1 Å². The minimum Gasteiger partial charge on any atom is -0.380 e. The van der Waals surface area contributed by atoms with Gasteiger partial charge in [-0.3, -0.25) is 4.79 Å². The molecule has 5 heteroatoms. The Kier molecular flexibility index (Phi) is 4.68. The van der Waals surface area contributed by atoms with Gasteiger partial charge in [0, 0.05) is 27.3 Å². The molecule has 3 N–H and O–H groups in total. The first-order chi connectivity index (χ1) is 9.47. The molecule has 0 aromatic heterocycles. The third-order valence-electron chi connectivity index (χ3n) is 2.93. The molecule has 3 nitrogen and oxygen atoms in total. The molecule has 0 saturated heterocycles. The summed E-state index contributed by atoms with van der Waals surface area (Å²) in [7, 11) is 0. The van der Waals surface area contributed by atoms with Crippen molar-refractivity contribution in [1.82, 2.24) is 0 Å². The average Bonchev–Trinajstić information content (AvgIpc) is 2.40. The fraction of sp³-hybridized carbons (Fsp3) is 0.133. The Labute approximate surface area is 131 Å². The summed E-state index contributed by atoms with van der Waals surface area (Å²) in [6.07, 6.45) is 0. The molecule has 0 atom stereocenters. The van der Waals surface area contributed by atoms with Crippen molar-refractivity contribution in [3.63, 3.8) is 0 Å². The number of anilines is 1. The van der Waals surface area contributed by atoms with E-state index in [-0.39, 0.29) is 0 Å². The molecule has 0 unspecified atom stereocenters. The Hall–Kier alpha value is -1.52. The van der Waals surface area contributed by atoms with Gasteiger partial charge in [0.05, 0.1) is 0 Å². The summed E-state index contributed by atoms with van der Waals surface area (Å²) >= 11 is 9.65. The molecule has 0 aliphatic heterocycles. The highest BCUT2D eigenvalue weighted by molar-refractivity contribution is 9.10. The van der Waals surface area contributed by atoms with Crippen LogP contribution in [-0.2, 0) is 6.54 Å². The van der Waals surface area contributed by atoms with Crippen molar-refractivity contribution in [3.05, 3.63) is 62.6 Å². The van der Waals surface area contributed by atoms with Crippen molar-refractivity contribution in [2.75, 3.05) is 5.32 Å². The van der Waals surface area contributed by atoms with Gasteiger partial charge in [-0.05, 0) is 58.2 Å². The lowest BCUT2D eigenvalue weighted by atomic mass is 10.1. The number of nitrogens with one attached hydrogen (secondary N) is 1. The van der Waals surface area contributed by atoms with Gasteiger partial charge < -0.3 is 11.1 Å². The quantitative estimate of drug-likeness (QED) is 0.868. The Morgan fingerprint density at radius 2 is 2.05 bits per heavy atom. The van der Waals surface area contributed by atoms with Gasteiger partial charge in [0.1, 0.15) is 0 Å². The van der Waals surface area contributed by atoms with Crippen molar-refractivity contribution in [2.45, 2.75) is 13.5 Å². The van der Waals surface area contributed by atoms with E-state index >= 15 is 0 Å². The van der Waals surface area contributed by atoms with Crippen LogP contribution in [0.15, 0.2) is 40.9 Å². The number of carbonyl (C=O) groups is 1. The summed E-state index contributed by atoms with van der Waals surface area (Å²) < 4.78 is 0.993. The minimum atomic E-state index is -0.479. The van der Waals surface area contributed by atoms with Gasteiger partial charge in [-0.2, -0.15) is 0 Å². The van der Waals surface area contributed by atoms with E-state index in [4.69, 9.17) is 17.3 Å². The maximum absolute atomic E-state index is 11.1. The van der Waals surface area contributed by atoms with Gasteiger partial charge >= 0.3 is 0 Å². The zero-order chi connectivity index (χ0) is 14.7. The molecule has 0 aliphatic rings. The van der Waals surface area contributed by atoms with Crippen molar-refractivity contribution in [2.24, 2.45) is 5.73 Å². The van der Waals surface area contributed by atoms with Crippen LogP contribution in [0.5, 0.6) is 0 Å². The molecule has 104 valence electrons. The first-order valence-corrected chi connectivity index (χ1v) is 7.22. The van der Waals surface area contributed by atoms with E-state index in [0.29, 0.717) is 17.1 Å². The Bertz CT molecular complexity index is 658. The van der Waals surface area contributed by atoms with E-state index < -0.39 is 5.91 Å². The monoisotopic (exact) mass is 352 g/mol. The van der Waals surface area contributed by atoms with Crippen molar-refractivity contribution in [3.8, 4) is 0 Å². The summed E-state index contributed by atoms with van der Waals surface area (Å²) in [5, 5.41) is 3.84. The average molecular weight is 354 g/mol. The highest BCUT2D eigenvalue weighted by Gasteiger charge is 2.06. The molecule has 20 heavy (non-hydrogen) atoms. The lowest BCUT2D eigenvalue weighted by molar-refractivity contribution is 0.100. The molecule has 0 saturated carbocycles. The van der Waals surface area contributed by atoms with E-state index in [1.807, 2.05) is 19.1 Å². The second kappa shape index (κ2) is 6.29. The Morgan fingerprint density at radius 3 is 2.70 bits per heavy atom.